The van der Waals surface area contributed by atoms with Crippen molar-refractivity contribution in [3.63, 3.8) is 0 Å². The van der Waals surface area contributed by atoms with E-state index in [9.17, 15) is 15.2 Å². The second kappa shape index (κ2) is 6.55. The Bertz CT molecular complexity index is 582. The maximum atomic E-state index is 10.5. The van der Waals surface area contributed by atoms with Crippen LogP contribution < -0.4 is 5.32 Å². The quantitative estimate of drug-likeness (QED) is 0.576. The van der Waals surface area contributed by atoms with Crippen molar-refractivity contribution in [2.75, 3.05) is 6.54 Å². The molecule has 2 heterocycles. The Morgan fingerprint density at radius 1 is 1.60 bits per heavy atom. The normalized spacial score (nSPS) is 12.5. The number of nitrogens with one attached hydrogen (secondary N) is 1. The Balaban J connectivity index is 1.74. The fourth-order valence-corrected chi connectivity index (χ4v) is 2.44. The van der Waals surface area contributed by atoms with E-state index in [4.69, 9.17) is 0 Å². The van der Waals surface area contributed by atoms with E-state index in [1.54, 1.807) is 17.5 Å². The van der Waals surface area contributed by atoms with Crippen molar-refractivity contribution < 1.29 is 10.0 Å². The van der Waals surface area contributed by atoms with Gasteiger partial charge in [-0.3, -0.25) is 14.8 Å². The highest BCUT2D eigenvalue weighted by Crippen LogP contribution is 2.11. The van der Waals surface area contributed by atoms with Crippen LogP contribution in [0, 0.1) is 17.0 Å². The summed E-state index contributed by atoms with van der Waals surface area (Å²) in [7, 11) is 0. The molecule has 20 heavy (non-hydrogen) atoms. The number of hydrogen-bond donors (Lipinski definition) is 2. The third kappa shape index (κ3) is 4.08. The lowest BCUT2D eigenvalue weighted by molar-refractivity contribution is -0.385. The minimum absolute atomic E-state index is 0.0784. The van der Waals surface area contributed by atoms with Gasteiger partial charge in [-0.15, -0.1) is 11.3 Å². The topological polar surface area (TPSA) is 106 Å². The van der Waals surface area contributed by atoms with Gasteiger partial charge in [-0.1, -0.05) is 0 Å². The number of aliphatic hydroxyl groups excluding tert-OH is 1. The summed E-state index contributed by atoms with van der Waals surface area (Å²) in [6, 6.07) is 0. The monoisotopic (exact) mass is 297 g/mol. The van der Waals surface area contributed by atoms with E-state index < -0.39 is 11.0 Å². The van der Waals surface area contributed by atoms with Crippen LogP contribution in [-0.4, -0.2) is 37.4 Å². The van der Waals surface area contributed by atoms with Crippen LogP contribution in [0.1, 0.15) is 9.88 Å². The van der Waals surface area contributed by atoms with Crippen molar-refractivity contribution in [1.29, 1.82) is 0 Å². The van der Waals surface area contributed by atoms with Crippen molar-refractivity contribution in [1.82, 2.24) is 20.1 Å². The molecule has 0 amide bonds. The Morgan fingerprint density at radius 2 is 2.40 bits per heavy atom. The summed E-state index contributed by atoms with van der Waals surface area (Å²) in [4.78, 5) is 15.2. The molecule has 0 radical (unpaired) electrons. The van der Waals surface area contributed by atoms with Gasteiger partial charge < -0.3 is 10.4 Å². The summed E-state index contributed by atoms with van der Waals surface area (Å²) in [6.07, 6.45) is 3.61. The van der Waals surface area contributed by atoms with Gasteiger partial charge >= 0.3 is 5.69 Å². The summed E-state index contributed by atoms with van der Waals surface area (Å²) in [5.41, 5.74) is -0.0784. The Hall–Kier alpha value is -1.84. The van der Waals surface area contributed by atoms with Crippen LogP contribution in [-0.2, 0) is 13.1 Å². The Labute approximate surface area is 119 Å². The highest BCUT2D eigenvalue weighted by Gasteiger charge is 2.11. The molecule has 108 valence electrons. The van der Waals surface area contributed by atoms with Crippen molar-refractivity contribution in [3.05, 3.63) is 38.6 Å². The van der Waals surface area contributed by atoms with E-state index >= 15 is 0 Å². The number of rotatable bonds is 7. The first-order valence-electron chi connectivity index (χ1n) is 6.01. The second-order valence-electron chi connectivity index (χ2n) is 4.31. The summed E-state index contributed by atoms with van der Waals surface area (Å²) in [5.74, 6) is 0. The molecule has 0 spiro atoms. The number of nitro groups is 1. The zero-order valence-electron chi connectivity index (χ0n) is 10.9. The molecule has 1 unspecified atom stereocenters. The largest absolute Gasteiger partial charge is 0.390 e. The fourth-order valence-electron chi connectivity index (χ4n) is 1.68. The molecule has 2 rings (SSSR count). The molecule has 0 bridgehead atoms. The third-order valence-electron chi connectivity index (χ3n) is 2.58. The van der Waals surface area contributed by atoms with Crippen molar-refractivity contribution in [2.24, 2.45) is 0 Å². The smallest absolute Gasteiger partial charge is 0.306 e. The SMILES string of the molecule is Cc1ncc(CNCC(O)Cn2cc([N+](=O)[O-])cn2)s1. The van der Waals surface area contributed by atoms with Crippen molar-refractivity contribution >= 4 is 17.0 Å². The van der Waals surface area contributed by atoms with Crippen LogP contribution in [0.4, 0.5) is 5.69 Å². The molecule has 0 fully saturated rings. The van der Waals surface area contributed by atoms with E-state index in [0.29, 0.717) is 13.1 Å². The highest BCUT2D eigenvalue weighted by molar-refractivity contribution is 7.11. The van der Waals surface area contributed by atoms with Crippen LogP contribution in [0.2, 0.25) is 0 Å². The van der Waals surface area contributed by atoms with Crippen LogP contribution >= 0.6 is 11.3 Å². The van der Waals surface area contributed by atoms with E-state index in [1.807, 2.05) is 6.92 Å². The third-order valence-corrected chi connectivity index (χ3v) is 3.49. The summed E-state index contributed by atoms with van der Waals surface area (Å²) in [6.45, 7) is 3.17. The predicted octanol–water partition coefficient (Wildman–Crippen LogP) is 0.707. The van der Waals surface area contributed by atoms with E-state index in [-0.39, 0.29) is 12.2 Å². The first-order valence-corrected chi connectivity index (χ1v) is 6.83. The molecule has 2 N–H and O–H groups in total. The molecule has 0 saturated carbocycles. The summed E-state index contributed by atoms with van der Waals surface area (Å²) < 4.78 is 1.36. The van der Waals surface area contributed by atoms with E-state index in [2.05, 4.69) is 15.4 Å². The minimum atomic E-state index is -0.663. The molecule has 2 aromatic heterocycles. The first-order chi connectivity index (χ1) is 9.54. The van der Waals surface area contributed by atoms with Gasteiger partial charge in [0.05, 0.1) is 22.6 Å². The van der Waals surface area contributed by atoms with Gasteiger partial charge in [0.25, 0.3) is 0 Å². The van der Waals surface area contributed by atoms with Gasteiger partial charge in [0.1, 0.15) is 12.4 Å². The fraction of sp³-hybridized carbons (Fsp3) is 0.455. The molecule has 0 aliphatic heterocycles. The number of hydrogen-bond acceptors (Lipinski definition) is 7. The maximum Gasteiger partial charge on any atom is 0.306 e. The van der Waals surface area contributed by atoms with Crippen LogP contribution in [0.3, 0.4) is 0 Å². The molecule has 0 aromatic carbocycles. The van der Waals surface area contributed by atoms with Crippen LogP contribution in [0.15, 0.2) is 18.6 Å². The van der Waals surface area contributed by atoms with Crippen LogP contribution in [0.5, 0.6) is 0 Å². The molecule has 8 nitrogen and oxygen atoms in total. The maximum absolute atomic E-state index is 10.5. The summed E-state index contributed by atoms with van der Waals surface area (Å²) in [5, 5.41) is 28.3. The number of aliphatic hydroxyl groups is 1. The average Bonchev–Trinajstić information content (AvgIpc) is 2.99. The summed E-state index contributed by atoms with van der Waals surface area (Å²) >= 11 is 1.60. The Morgan fingerprint density at radius 3 is 3.00 bits per heavy atom. The van der Waals surface area contributed by atoms with Gasteiger partial charge in [-0.2, -0.15) is 5.10 Å². The van der Waals surface area contributed by atoms with Gasteiger partial charge in [-0.25, -0.2) is 4.98 Å². The lowest BCUT2D eigenvalue weighted by atomic mass is 10.3. The molecule has 0 aliphatic rings. The first kappa shape index (κ1) is 14.6. The van der Waals surface area contributed by atoms with Gasteiger partial charge in [-0.05, 0) is 6.92 Å². The molecular weight excluding hydrogens is 282 g/mol. The molecule has 1 atom stereocenters. The molecular formula is C11H15N5O3S. The van der Waals surface area contributed by atoms with Crippen molar-refractivity contribution in [3.8, 4) is 0 Å². The van der Waals surface area contributed by atoms with Crippen LogP contribution in [0.25, 0.3) is 0 Å². The molecule has 0 aliphatic carbocycles. The van der Waals surface area contributed by atoms with E-state index in [1.165, 1.54) is 17.1 Å². The van der Waals surface area contributed by atoms with E-state index in [0.717, 1.165) is 9.88 Å². The average molecular weight is 297 g/mol. The van der Waals surface area contributed by atoms with Gasteiger partial charge in [0.2, 0.25) is 0 Å². The number of aryl methyl sites for hydroxylation is 1. The lowest BCUT2D eigenvalue weighted by Crippen LogP contribution is -2.29. The standard InChI is InChI=1S/C11H15N5O3S/c1-8-13-5-11(20-8)4-12-3-10(17)7-15-6-9(2-14-15)16(18)19/h2,5-6,10,12,17H,3-4,7H2,1H3. The molecule has 9 heteroatoms. The molecule has 2 aromatic rings. The highest BCUT2D eigenvalue weighted by atomic mass is 32.1. The minimum Gasteiger partial charge on any atom is -0.390 e. The predicted molar refractivity (Wildman–Crippen MR) is 73.4 cm³/mol. The number of aromatic nitrogens is 3. The second-order valence-corrected chi connectivity index (χ2v) is 5.63. The number of nitrogens with zero attached hydrogens (tertiary/aromatic N) is 4. The molecule has 0 saturated heterocycles. The Kier molecular flexibility index (Phi) is 4.77. The van der Waals surface area contributed by atoms with Gasteiger partial charge in [0.15, 0.2) is 0 Å². The number of thiazole rings is 1. The zero-order chi connectivity index (χ0) is 14.5. The lowest BCUT2D eigenvalue weighted by Gasteiger charge is -2.10. The van der Waals surface area contributed by atoms with Gasteiger partial charge in [0, 0.05) is 24.2 Å². The zero-order valence-corrected chi connectivity index (χ0v) is 11.7. The van der Waals surface area contributed by atoms with Crippen molar-refractivity contribution in [2.45, 2.75) is 26.1 Å².